The van der Waals surface area contributed by atoms with Gasteiger partial charge in [0.25, 0.3) is 0 Å². The maximum Gasteiger partial charge on any atom is 0.194 e. The second-order valence-corrected chi connectivity index (χ2v) is 13.5. The number of ether oxygens (including phenoxy) is 1. The lowest BCUT2D eigenvalue weighted by atomic mass is 10.0. The number of halogens is 2. The molecule has 0 bridgehead atoms. The molecule has 1 heterocycles. The van der Waals surface area contributed by atoms with E-state index in [1.54, 1.807) is 43.3 Å². The highest BCUT2D eigenvalue weighted by molar-refractivity contribution is 7.90. The highest BCUT2D eigenvalue weighted by atomic mass is 32.2. The van der Waals surface area contributed by atoms with Crippen molar-refractivity contribution in [2.45, 2.75) is 45.0 Å². The van der Waals surface area contributed by atoms with Gasteiger partial charge in [0.1, 0.15) is 17.4 Å². The zero-order valence-electron chi connectivity index (χ0n) is 23.9. The molecule has 1 aliphatic rings. The molecule has 0 fully saturated rings. The van der Waals surface area contributed by atoms with E-state index in [0.717, 1.165) is 5.56 Å². The number of carbonyl (C=O) groups is 1. The number of aryl methyl sites for hydroxylation is 1. The van der Waals surface area contributed by atoms with Gasteiger partial charge in [-0.3, -0.25) is 4.79 Å². The second kappa shape index (κ2) is 11.4. The Morgan fingerprint density at radius 1 is 1.12 bits per heavy atom. The highest BCUT2D eigenvalue weighted by Gasteiger charge is 2.27. The summed E-state index contributed by atoms with van der Waals surface area (Å²) in [6.45, 7) is 4.84. The number of carbonyl (C=O) groups excluding carboxylic acids is 1. The largest absolute Gasteiger partial charge is 0.454 e. The van der Waals surface area contributed by atoms with Crippen LogP contribution in [0.5, 0.6) is 11.5 Å². The van der Waals surface area contributed by atoms with Crippen LogP contribution in [-0.2, 0) is 22.0 Å². The maximum absolute atomic E-state index is 14.9. The molecule has 0 atom stereocenters. The third kappa shape index (κ3) is 6.68. The van der Waals surface area contributed by atoms with Crippen LogP contribution >= 0.6 is 0 Å². The Labute approximate surface area is 248 Å². The number of fused-ring (bicyclic) bond motifs is 1. The van der Waals surface area contributed by atoms with Crippen molar-refractivity contribution < 1.29 is 31.8 Å². The molecular formula is C32H31F2N3O5S. The Hall–Kier alpha value is -4.35. The summed E-state index contributed by atoms with van der Waals surface area (Å²) >= 11 is 0. The van der Waals surface area contributed by atoms with E-state index in [2.05, 4.69) is 5.10 Å². The Morgan fingerprint density at radius 3 is 2.56 bits per heavy atom. The zero-order chi connectivity index (χ0) is 31.1. The van der Waals surface area contributed by atoms with Crippen LogP contribution in [0.1, 0.15) is 52.9 Å². The molecule has 8 nitrogen and oxygen atoms in total. The van der Waals surface area contributed by atoms with Crippen LogP contribution in [-0.4, -0.2) is 40.4 Å². The van der Waals surface area contributed by atoms with Crippen LogP contribution in [0, 0.1) is 18.6 Å². The molecule has 0 saturated carbocycles. The molecule has 1 aliphatic carbocycles. The van der Waals surface area contributed by atoms with Crippen LogP contribution in [0.25, 0.3) is 11.8 Å². The lowest BCUT2D eigenvalue weighted by molar-refractivity contribution is 0.0772. The van der Waals surface area contributed by atoms with Crippen molar-refractivity contribution in [1.82, 2.24) is 9.78 Å². The van der Waals surface area contributed by atoms with Gasteiger partial charge in [-0.2, -0.15) is 5.10 Å². The summed E-state index contributed by atoms with van der Waals surface area (Å²) in [7, 11) is -3.67. The Kier molecular flexibility index (Phi) is 7.97. The summed E-state index contributed by atoms with van der Waals surface area (Å²) in [5.74, 6) is -1.72. The summed E-state index contributed by atoms with van der Waals surface area (Å²) in [5, 5.41) is 14.2. The summed E-state index contributed by atoms with van der Waals surface area (Å²) in [4.78, 5) is 13.5. The molecule has 1 aromatic heterocycles. The fourth-order valence-corrected chi connectivity index (χ4v) is 6.52. The van der Waals surface area contributed by atoms with Crippen molar-refractivity contribution in [2.75, 3.05) is 11.5 Å². The van der Waals surface area contributed by atoms with Crippen molar-refractivity contribution in [3.05, 3.63) is 106 Å². The standard InChI is InChI=1S/C32H31F2N3O5S/c1-19-12-24(42-29-7-5-4-6-26(29)33)8-9-28(19)37-31(35)25(17-36-37)30(38)22-13-20-15-23(27(34)16-21(20)14-22)18-43(40,41)11-10-32(2,3)39/h4-9,12,14-17,39H,10-11,13,18,35H2,1-3H3. The SMILES string of the molecule is Cc1cc(Oc2ccccc2F)ccc1-n1ncc(C(=O)C2=Cc3cc(F)c(CS(=O)(=O)CCC(C)(C)O)cc3C2)c1N. The number of ketones is 1. The topological polar surface area (TPSA) is 125 Å². The van der Waals surface area contributed by atoms with Gasteiger partial charge < -0.3 is 15.6 Å². The molecule has 0 amide bonds. The predicted molar refractivity (Wildman–Crippen MR) is 160 cm³/mol. The number of allylic oxidation sites excluding steroid dienone is 1. The summed E-state index contributed by atoms with van der Waals surface area (Å²) in [5.41, 5.74) is 8.19. The number of aromatic nitrogens is 2. The van der Waals surface area contributed by atoms with Crippen molar-refractivity contribution in [2.24, 2.45) is 0 Å². The van der Waals surface area contributed by atoms with E-state index in [1.165, 1.54) is 49.0 Å². The normalized spacial score (nSPS) is 13.1. The van der Waals surface area contributed by atoms with Crippen molar-refractivity contribution in [3.8, 4) is 17.2 Å². The molecule has 0 saturated heterocycles. The first-order valence-corrected chi connectivity index (χ1v) is 15.4. The molecule has 224 valence electrons. The maximum atomic E-state index is 14.9. The molecule has 3 aromatic carbocycles. The average molecular weight is 608 g/mol. The first-order valence-electron chi connectivity index (χ1n) is 13.6. The Bertz CT molecular complexity index is 1870. The lowest BCUT2D eigenvalue weighted by Crippen LogP contribution is -2.24. The fourth-order valence-electron chi connectivity index (χ4n) is 4.87. The van der Waals surface area contributed by atoms with Gasteiger partial charge in [-0.05, 0) is 86.4 Å². The monoisotopic (exact) mass is 607 g/mol. The zero-order valence-corrected chi connectivity index (χ0v) is 24.7. The number of benzene rings is 3. The number of nitrogen functional groups attached to an aromatic ring is 1. The van der Waals surface area contributed by atoms with E-state index in [-0.39, 0.29) is 47.1 Å². The molecule has 0 unspecified atom stereocenters. The number of nitrogens with zero attached hydrogens (tertiary/aromatic N) is 2. The number of Topliss-reactive ketones (excluding diaryl/α,β-unsaturated/α-hetero) is 1. The minimum absolute atomic E-state index is 0.0156. The summed E-state index contributed by atoms with van der Waals surface area (Å²) < 4.78 is 61.1. The number of nitrogens with two attached hydrogens (primary N) is 1. The predicted octanol–water partition coefficient (Wildman–Crippen LogP) is 5.73. The second-order valence-electron chi connectivity index (χ2n) is 11.3. The number of rotatable bonds is 10. The molecule has 3 N–H and O–H groups in total. The third-order valence-electron chi connectivity index (χ3n) is 7.22. The van der Waals surface area contributed by atoms with Crippen LogP contribution in [0.4, 0.5) is 14.6 Å². The van der Waals surface area contributed by atoms with Crippen LogP contribution in [0.2, 0.25) is 0 Å². The van der Waals surface area contributed by atoms with Gasteiger partial charge in [-0.1, -0.05) is 18.2 Å². The first kappa shape index (κ1) is 30.1. The van der Waals surface area contributed by atoms with Crippen molar-refractivity contribution in [1.29, 1.82) is 0 Å². The van der Waals surface area contributed by atoms with Gasteiger partial charge in [0.05, 0.1) is 34.6 Å². The van der Waals surface area contributed by atoms with Crippen LogP contribution in [0.15, 0.2) is 66.4 Å². The quantitative estimate of drug-likeness (QED) is 0.221. The molecular weight excluding hydrogens is 576 g/mol. The fraction of sp³-hybridized carbons (Fsp3) is 0.250. The molecule has 0 radical (unpaired) electrons. The number of hydrogen-bond donors (Lipinski definition) is 2. The third-order valence-corrected chi connectivity index (χ3v) is 8.80. The number of hydrogen-bond acceptors (Lipinski definition) is 7. The van der Waals surface area contributed by atoms with E-state index < -0.39 is 32.8 Å². The van der Waals surface area contributed by atoms with E-state index in [1.807, 2.05) is 0 Å². The van der Waals surface area contributed by atoms with Crippen molar-refractivity contribution >= 4 is 27.5 Å². The molecule has 43 heavy (non-hydrogen) atoms. The lowest BCUT2D eigenvalue weighted by Gasteiger charge is -2.16. The minimum atomic E-state index is -3.67. The van der Waals surface area contributed by atoms with E-state index >= 15 is 0 Å². The molecule has 0 spiro atoms. The number of sulfone groups is 1. The Balaban J connectivity index is 1.32. The van der Waals surface area contributed by atoms with Gasteiger partial charge in [0.15, 0.2) is 27.2 Å². The summed E-state index contributed by atoms with van der Waals surface area (Å²) in [6.07, 6.45) is 3.15. The number of anilines is 1. The molecule has 4 aromatic rings. The molecule has 5 rings (SSSR count). The smallest absolute Gasteiger partial charge is 0.194 e. The number of aliphatic hydroxyl groups is 1. The first-order chi connectivity index (χ1) is 20.2. The van der Waals surface area contributed by atoms with Crippen molar-refractivity contribution in [3.63, 3.8) is 0 Å². The minimum Gasteiger partial charge on any atom is -0.454 e. The van der Waals surface area contributed by atoms with Crippen LogP contribution < -0.4 is 10.5 Å². The average Bonchev–Trinajstić information content (AvgIpc) is 3.51. The molecule has 11 heteroatoms. The Morgan fingerprint density at radius 2 is 1.86 bits per heavy atom. The van der Waals surface area contributed by atoms with E-state index in [9.17, 15) is 27.1 Å². The van der Waals surface area contributed by atoms with E-state index in [4.69, 9.17) is 10.5 Å². The number of para-hydroxylation sites is 1. The van der Waals surface area contributed by atoms with E-state index in [0.29, 0.717) is 28.1 Å². The van der Waals surface area contributed by atoms with Gasteiger partial charge >= 0.3 is 0 Å². The van der Waals surface area contributed by atoms with Gasteiger partial charge in [0.2, 0.25) is 0 Å². The molecule has 0 aliphatic heterocycles. The van der Waals surface area contributed by atoms with Crippen LogP contribution in [0.3, 0.4) is 0 Å². The van der Waals surface area contributed by atoms with Gasteiger partial charge in [-0.15, -0.1) is 0 Å². The van der Waals surface area contributed by atoms with Gasteiger partial charge in [-0.25, -0.2) is 21.9 Å². The van der Waals surface area contributed by atoms with Gasteiger partial charge in [0, 0.05) is 17.6 Å². The summed E-state index contributed by atoms with van der Waals surface area (Å²) in [6, 6.07) is 13.8. The highest BCUT2D eigenvalue weighted by Crippen LogP contribution is 2.33.